The molecule has 154 valence electrons. The number of fused-ring (bicyclic) bond motifs is 1. The summed E-state index contributed by atoms with van der Waals surface area (Å²) in [6.07, 6.45) is 6.06. The minimum absolute atomic E-state index is 0.0130. The van der Waals surface area contributed by atoms with Crippen molar-refractivity contribution in [1.82, 2.24) is 15.8 Å². The Bertz CT molecular complexity index is 838. The van der Waals surface area contributed by atoms with Gasteiger partial charge in [-0.25, -0.2) is 4.39 Å². The average molecular weight is 396 g/mol. The lowest BCUT2D eigenvalue weighted by molar-refractivity contribution is -0.131. The van der Waals surface area contributed by atoms with E-state index in [1.54, 1.807) is 0 Å². The molecule has 2 aromatic rings. The van der Waals surface area contributed by atoms with E-state index in [0.29, 0.717) is 6.04 Å². The Balaban J connectivity index is 1.25. The highest BCUT2D eigenvalue weighted by molar-refractivity contribution is 5.84. The topological polar surface area (TPSA) is 44.4 Å². The van der Waals surface area contributed by atoms with Gasteiger partial charge < -0.3 is 4.90 Å². The summed E-state index contributed by atoms with van der Waals surface area (Å²) in [6, 6.07) is 15.7. The molecule has 0 spiro atoms. The molecule has 3 atom stereocenters. The van der Waals surface area contributed by atoms with Gasteiger partial charge in [0.15, 0.2) is 0 Å². The zero-order chi connectivity index (χ0) is 20.2. The minimum atomic E-state index is -0.204. The van der Waals surface area contributed by atoms with E-state index in [9.17, 15) is 9.18 Å². The van der Waals surface area contributed by atoms with E-state index in [0.717, 1.165) is 50.6 Å². The van der Waals surface area contributed by atoms with Crippen LogP contribution in [0.5, 0.6) is 0 Å². The van der Waals surface area contributed by atoms with Crippen molar-refractivity contribution < 1.29 is 9.18 Å². The third kappa shape index (κ3) is 4.68. The van der Waals surface area contributed by atoms with E-state index in [4.69, 9.17) is 0 Å². The van der Waals surface area contributed by atoms with Gasteiger partial charge in [-0.1, -0.05) is 36.4 Å². The quantitative estimate of drug-likeness (QED) is 0.774. The van der Waals surface area contributed by atoms with Crippen molar-refractivity contribution in [3.05, 3.63) is 71.0 Å². The van der Waals surface area contributed by atoms with Crippen LogP contribution in [0.3, 0.4) is 0 Å². The number of nitrogens with zero attached hydrogens (tertiary/aromatic N) is 1. The molecule has 0 radical (unpaired) electrons. The van der Waals surface area contributed by atoms with E-state index in [-0.39, 0.29) is 23.7 Å². The fourth-order valence-electron chi connectivity index (χ4n) is 4.69. The largest absolute Gasteiger partial charge is 0.345 e. The number of hydrogen-bond acceptors (Lipinski definition) is 3. The second kappa shape index (κ2) is 9.06. The van der Waals surface area contributed by atoms with E-state index in [1.165, 1.54) is 23.3 Å². The zero-order valence-corrected chi connectivity index (χ0v) is 17.0. The molecule has 1 aliphatic carbocycles. The molecule has 29 heavy (non-hydrogen) atoms. The normalized spacial score (nSPS) is 23.6. The van der Waals surface area contributed by atoms with Gasteiger partial charge in [-0.3, -0.25) is 15.6 Å². The zero-order valence-electron chi connectivity index (χ0n) is 17.0. The van der Waals surface area contributed by atoms with Crippen molar-refractivity contribution in [2.24, 2.45) is 0 Å². The van der Waals surface area contributed by atoms with Gasteiger partial charge in [0.2, 0.25) is 5.91 Å². The molecule has 1 amide bonds. The highest BCUT2D eigenvalue weighted by Crippen LogP contribution is 2.33. The molecule has 4 rings (SSSR count). The van der Waals surface area contributed by atoms with Crippen molar-refractivity contribution in [2.45, 2.75) is 56.5 Å². The fraction of sp³-hybridized carbons (Fsp3) is 0.458. The molecule has 1 heterocycles. The first kappa shape index (κ1) is 20.0. The SMILES string of the molecule is CN(CCCC1CC(c2ccc(F)cc2)NN1)C(=O)C1CCCc2ccccc21. The lowest BCUT2D eigenvalue weighted by atomic mass is 9.82. The van der Waals surface area contributed by atoms with Crippen molar-refractivity contribution in [1.29, 1.82) is 0 Å². The number of likely N-dealkylation sites (N-methyl/N-ethyl adjacent to an activating group) is 1. The van der Waals surface area contributed by atoms with Crippen LogP contribution < -0.4 is 10.9 Å². The molecule has 4 nitrogen and oxygen atoms in total. The van der Waals surface area contributed by atoms with Gasteiger partial charge in [-0.2, -0.15) is 0 Å². The number of nitrogens with one attached hydrogen (secondary N) is 2. The number of halogens is 1. The number of benzene rings is 2. The molecule has 5 heteroatoms. The molecule has 1 fully saturated rings. The predicted molar refractivity (Wildman–Crippen MR) is 113 cm³/mol. The van der Waals surface area contributed by atoms with E-state index in [1.807, 2.05) is 30.1 Å². The summed E-state index contributed by atoms with van der Waals surface area (Å²) < 4.78 is 13.1. The summed E-state index contributed by atoms with van der Waals surface area (Å²) in [4.78, 5) is 14.9. The highest BCUT2D eigenvalue weighted by Gasteiger charge is 2.29. The molecule has 1 saturated heterocycles. The Morgan fingerprint density at radius 1 is 1.14 bits per heavy atom. The summed E-state index contributed by atoms with van der Waals surface area (Å²) in [5.74, 6) is 0.0578. The number of carbonyl (C=O) groups is 1. The van der Waals surface area contributed by atoms with Crippen molar-refractivity contribution in [2.75, 3.05) is 13.6 Å². The predicted octanol–water partition coefficient (Wildman–Crippen LogP) is 4.09. The maximum absolute atomic E-state index is 13.1. The molecule has 3 unspecified atom stereocenters. The fourth-order valence-corrected chi connectivity index (χ4v) is 4.69. The van der Waals surface area contributed by atoms with Gasteiger partial charge in [-0.15, -0.1) is 0 Å². The third-order valence-electron chi connectivity index (χ3n) is 6.34. The van der Waals surface area contributed by atoms with Crippen LogP contribution in [0.2, 0.25) is 0 Å². The number of amides is 1. The summed E-state index contributed by atoms with van der Waals surface area (Å²) >= 11 is 0. The summed E-state index contributed by atoms with van der Waals surface area (Å²) in [5, 5.41) is 0. The molecule has 0 bridgehead atoms. The monoisotopic (exact) mass is 395 g/mol. The average Bonchev–Trinajstić information content (AvgIpc) is 3.22. The van der Waals surface area contributed by atoms with Gasteiger partial charge in [0.1, 0.15) is 5.82 Å². The maximum Gasteiger partial charge on any atom is 0.229 e. The first-order chi connectivity index (χ1) is 14.1. The second-order valence-electron chi connectivity index (χ2n) is 8.37. The van der Waals surface area contributed by atoms with Crippen LogP contribution in [0.25, 0.3) is 0 Å². The molecule has 1 aliphatic heterocycles. The van der Waals surface area contributed by atoms with Gasteiger partial charge in [0, 0.05) is 25.7 Å². The Morgan fingerprint density at radius 3 is 2.76 bits per heavy atom. The van der Waals surface area contributed by atoms with E-state index < -0.39 is 0 Å². The van der Waals surface area contributed by atoms with Crippen LogP contribution in [0.1, 0.15) is 60.8 Å². The van der Waals surface area contributed by atoms with E-state index >= 15 is 0 Å². The number of carbonyl (C=O) groups excluding carboxylic acids is 1. The minimum Gasteiger partial charge on any atom is -0.345 e. The van der Waals surface area contributed by atoms with Crippen molar-refractivity contribution >= 4 is 5.91 Å². The molecule has 0 saturated carbocycles. The molecule has 2 aromatic carbocycles. The highest BCUT2D eigenvalue weighted by atomic mass is 19.1. The Kier molecular flexibility index (Phi) is 6.26. The summed E-state index contributed by atoms with van der Waals surface area (Å²) in [7, 11) is 1.93. The molecular formula is C24H30FN3O. The maximum atomic E-state index is 13.1. The summed E-state index contributed by atoms with van der Waals surface area (Å²) in [5.41, 5.74) is 10.3. The third-order valence-corrected chi connectivity index (χ3v) is 6.34. The van der Waals surface area contributed by atoms with Crippen LogP contribution >= 0.6 is 0 Å². The van der Waals surface area contributed by atoms with Crippen LogP contribution in [-0.4, -0.2) is 30.4 Å². The number of hydrazine groups is 1. The Labute approximate surface area is 172 Å². The number of rotatable bonds is 6. The molecule has 2 aliphatic rings. The Morgan fingerprint density at radius 2 is 1.93 bits per heavy atom. The number of hydrogen-bond donors (Lipinski definition) is 2. The van der Waals surface area contributed by atoms with Gasteiger partial charge in [0.25, 0.3) is 0 Å². The smallest absolute Gasteiger partial charge is 0.229 e. The first-order valence-corrected chi connectivity index (χ1v) is 10.7. The standard InChI is InChI=1S/C24H30FN3O/c1-28(24(29)22-10-4-7-17-6-2-3-9-21(17)22)15-5-8-20-16-23(27-26-20)18-11-13-19(25)14-12-18/h2-3,6,9,11-14,20,22-23,26-27H,4-5,7-8,10,15-16H2,1H3. The van der Waals surface area contributed by atoms with Crippen LogP contribution in [0, 0.1) is 5.82 Å². The number of aryl methyl sites for hydroxylation is 1. The van der Waals surface area contributed by atoms with Crippen molar-refractivity contribution in [3.63, 3.8) is 0 Å². The second-order valence-corrected chi connectivity index (χ2v) is 8.37. The Hall–Kier alpha value is -2.24. The summed E-state index contributed by atoms with van der Waals surface area (Å²) in [6.45, 7) is 0.775. The molecule has 2 N–H and O–H groups in total. The van der Waals surface area contributed by atoms with Crippen LogP contribution in [0.15, 0.2) is 48.5 Å². The lowest BCUT2D eigenvalue weighted by Crippen LogP contribution is -2.35. The van der Waals surface area contributed by atoms with Crippen LogP contribution in [0.4, 0.5) is 4.39 Å². The van der Waals surface area contributed by atoms with Gasteiger partial charge in [-0.05, 0) is 67.3 Å². The van der Waals surface area contributed by atoms with Crippen molar-refractivity contribution in [3.8, 4) is 0 Å². The van der Waals surface area contributed by atoms with Gasteiger partial charge >= 0.3 is 0 Å². The lowest BCUT2D eigenvalue weighted by Gasteiger charge is -2.29. The van der Waals surface area contributed by atoms with E-state index in [2.05, 4.69) is 29.1 Å². The van der Waals surface area contributed by atoms with Gasteiger partial charge in [0.05, 0.1) is 5.92 Å². The van der Waals surface area contributed by atoms with Crippen LogP contribution in [-0.2, 0) is 11.2 Å². The molecular weight excluding hydrogens is 365 g/mol. The first-order valence-electron chi connectivity index (χ1n) is 10.7. The molecule has 0 aromatic heterocycles.